The first-order chi connectivity index (χ1) is 7.99. The van der Waals surface area contributed by atoms with Crippen LogP contribution in [-0.2, 0) is 7.05 Å². The highest BCUT2D eigenvalue weighted by molar-refractivity contribution is 9.10. The molecule has 0 radical (unpaired) electrons. The molecule has 0 unspecified atom stereocenters. The Morgan fingerprint density at radius 3 is 2.76 bits per heavy atom. The van der Waals surface area contributed by atoms with Gasteiger partial charge in [-0.15, -0.1) is 5.10 Å². The second-order valence-corrected chi connectivity index (χ2v) is 4.00. The Bertz CT molecular complexity index is 576. The monoisotopic (exact) mass is 298 g/mol. The van der Waals surface area contributed by atoms with E-state index in [2.05, 4.69) is 31.2 Å². The fourth-order valence-corrected chi connectivity index (χ4v) is 1.90. The molecule has 2 aromatic rings. The van der Waals surface area contributed by atoms with Crippen molar-refractivity contribution >= 4 is 27.4 Å². The zero-order chi connectivity index (χ0) is 12.6. The molecule has 2 aromatic heterocycles. The van der Waals surface area contributed by atoms with Crippen LogP contribution in [0.25, 0.3) is 11.4 Å². The molecule has 17 heavy (non-hydrogen) atoms. The summed E-state index contributed by atoms with van der Waals surface area (Å²) in [4.78, 5) is 14.2. The molecule has 9 heteroatoms. The van der Waals surface area contributed by atoms with E-state index in [1.165, 1.54) is 16.8 Å². The maximum absolute atomic E-state index is 10.7. The van der Waals surface area contributed by atoms with Gasteiger partial charge in [0.25, 0.3) is 5.69 Å². The Morgan fingerprint density at radius 1 is 1.53 bits per heavy atom. The van der Waals surface area contributed by atoms with Gasteiger partial charge >= 0.3 is 0 Å². The highest BCUT2D eigenvalue weighted by atomic mass is 79.9. The minimum Gasteiger partial charge on any atom is -0.383 e. The summed E-state index contributed by atoms with van der Waals surface area (Å²) in [5.74, 6) is 0.0716. The molecule has 0 aliphatic heterocycles. The molecule has 0 saturated heterocycles. The van der Waals surface area contributed by atoms with Gasteiger partial charge < -0.3 is 5.73 Å². The van der Waals surface area contributed by atoms with Crippen LogP contribution in [0.4, 0.5) is 11.5 Å². The number of nitrogens with zero attached hydrogens (tertiary/aromatic N) is 5. The number of aromatic nitrogens is 4. The van der Waals surface area contributed by atoms with Gasteiger partial charge in [-0.1, -0.05) is 5.21 Å². The molecule has 2 heterocycles. The molecule has 0 fully saturated rings. The lowest BCUT2D eigenvalue weighted by Crippen LogP contribution is -2.00. The molecule has 2 N–H and O–H groups in total. The van der Waals surface area contributed by atoms with Crippen molar-refractivity contribution in [3.05, 3.63) is 26.9 Å². The predicted molar refractivity (Wildman–Crippen MR) is 63.0 cm³/mol. The molecule has 2 rings (SSSR count). The lowest BCUT2D eigenvalue weighted by Gasteiger charge is -2.02. The van der Waals surface area contributed by atoms with Crippen LogP contribution in [0.5, 0.6) is 0 Å². The first-order valence-corrected chi connectivity index (χ1v) is 5.26. The number of nitro groups is 1. The molecule has 0 spiro atoms. The molecule has 0 saturated carbocycles. The topological polar surface area (TPSA) is 113 Å². The van der Waals surface area contributed by atoms with E-state index >= 15 is 0 Å². The van der Waals surface area contributed by atoms with Crippen molar-refractivity contribution in [2.45, 2.75) is 0 Å². The quantitative estimate of drug-likeness (QED) is 0.657. The van der Waals surface area contributed by atoms with Gasteiger partial charge in [-0.05, 0) is 15.9 Å². The van der Waals surface area contributed by atoms with Crippen LogP contribution in [0.15, 0.2) is 16.7 Å². The zero-order valence-corrected chi connectivity index (χ0v) is 10.2. The number of nitrogens with two attached hydrogens (primary N) is 1. The SMILES string of the molecule is Cn1nnc(Br)c1-c1cc([N+](=O)[O-])cc(N)n1. The van der Waals surface area contributed by atoms with Gasteiger partial charge in [0, 0.05) is 13.1 Å². The van der Waals surface area contributed by atoms with E-state index < -0.39 is 4.92 Å². The Labute approximate surface area is 104 Å². The summed E-state index contributed by atoms with van der Waals surface area (Å²) in [5, 5.41) is 18.3. The Balaban J connectivity index is 2.64. The first kappa shape index (κ1) is 11.5. The van der Waals surface area contributed by atoms with Crippen molar-refractivity contribution in [3.63, 3.8) is 0 Å². The summed E-state index contributed by atoms with van der Waals surface area (Å²) in [7, 11) is 1.66. The van der Waals surface area contributed by atoms with Crippen molar-refractivity contribution in [1.29, 1.82) is 0 Å². The number of aryl methyl sites for hydroxylation is 1. The van der Waals surface area contributed by atoms with Crippen LogP contribution < -0.4 is 5.73 Å². The predicted octanol–water partition coefficient (Wildman–Crippen LogP) is 1.13. The average Bonchev–Trinajstić information content (AvgIpc) is 2.57. The fraction of sp³-hybridized carbons (Fsp3) is 0.125. The minimum absolute atomic E-state index is 0.0716. The van der Waals surface area contributed by atoms with Gasteiger partial charge in [0.2, 0.25) is 0 Å². The van der Waals surface area contributed by atoms with Gasteiger partial charge in [0.05, 0.1) is 11.0 Å². The van der Waals surface area contributed by atoms with Gasteiger partial charge in [0.1, 0.15) is 17.2 Å². The molecule has 8 nitrogen and oxygen atoms in total. The molecule has 0 bridgehead atoms. The van der Waals surface area contributed by atoms with Crippen LogP contribution in [-0.4, -0.2) is 24.9 Å². The molecule has 88 valence electrons. The molecule has 0 aliphatic carbocycles. The van der Waals surface area contributed by atoms with E-state index in [1.807, 2.05) is 0 Å². The summed E-state index contributed by atoms with van der Waals surface area (Å²) in [6, 6.07) is 2.51. The number of nitrogen functional groups attached to an aromatic ring is 1. The van der Waals surface area contributed by atoms with E-state index in [1.54, 1.807) is 7.05 Å². The van der Waals surface area contributed by atoms with Crippen LogP contribution >= 0.6 is 15.9 Å². The molecule has 0 amide bonds. The van der Waals surface area contributed by atoms with Crippen LogP contribution in [0.1, 0.15) is 0 Å². The maximum Gasteiger partial charge on any atom is 0.275 e. The first-order valence-electron chi connectivity index (χ1n) is 4.46. The molecular formula is C8H7BrN6O2. The summed E-state index contributed by atoms with van der Waals surface area (Å²) < 4.78 is 1.91. The molecule has 0 atom stereocenters. The highest BCUT2D eigenvalue weighted by Gasteiger charge is 2.17. The number of rotatable bonds is 2. The molecule has 0 aliphatic rings. The van der Waals surface area contributed by atoms with Crippen LogP contribution in [0.2, 0.25) is 0 Å². The van der Waals surface area contributed by atoms with Crippen LogP contribution in [0, 0.1) is 10.1 Å². The van der Waals surface area contributed by atoms with Gasteiger partial charge in [-0.2, -0.15) is 0 Å². The summed E-state index contributed by atoms with van der Waals surface area (Å²) in [6.45, 7) is 0. The highest BCUT2D eigenvalue weighted by Crippen LogP contribution is 2.27. The van der Waals surface area contributed by atoms with E-state index in [0.717, 1.165) is 0 Å². The van der Waals surface area contributed by atoms with Gasteiger partial charge in [-0.3, -0.25) is 10.1 Å². The number of pyridine rings is 1. The lowest BCUT2D eigenvalue weighted by atomic mass is 10.2. The Hall–Kier alpha value is -2.03. The zero-order valence-electron chi connectivity index (χ0n) is 8.66. The number of anilines is 1. The normalized spacial score (nSPS) is 10.5. The van der Waals surface area contributed by atoms with E-state index in [9.17, 15) is 10.1 Å². The fourth-order valence-electron chi connectivity index (χ4n) is 1.37. The lowest BCUT2D eigenvalue weighted by molar-refractivity contribution is -0.384. The third-order valence-corrected chi connectivity index (χ3v) is 2.60. The smallest absolute Gasteiger partial charge is 0.275 e. The minimum atomic E-state index is -0.529. The van der Waals surface area contributed by atoms with E-state index in [-0.39, 0.29) is 11.5 Å². The molecule has 0 aromatic carbocycles. The Morgan fingerprint density at radius 2 is 2.24 bits per heavy atom. The number of hydrogen-bond acceptors (Lipinski definition) is 6. The third kappa shape index (κ3) is 2.09. The maximum atomic E-state index is 10.7. The number of hydrogen-bond donors (Lipinski definition) is 1. The van der Waals surface area contributed by atoms with E-state index in [4.69, 9.17) is 5.73 Å². The standard InChI is InChI=1S/C8H7BrN6O2/c1-14-7(8(9)12-13-14)5-2-4(15(16)17)3-6(10)11-5/h2-3H,1H3,(H2,10,11). The van der Waals surface area contributed by atoms with Crippen LogP contribution in [0.3, 0.4) is 0 Å². The second kappa shape index (κ2) is 4.09. The third-order valence-electron chi connectivity index (χ3n) is 2.07. The average molecular weight is 299 g/mol. The molecular weight excluding hydrogens is 292 g/mol. The second-order valence-electron chi connectivity index (χ2n) is 3.25. The van der Waals surface area contributed by atoms with Crippen molar-refractivity contribution < 1.29 is 4.92 Å². The van der Waals surface area contributed by atoms with Crippen molar-refractivity contribution in [2.75, 3.05) is 5.73 Å². The largest absolute Gasteiger partial charge is 0.383 e. The summed E-state index contributed by atoms with van der Waals surface area (Å²) in [5.41, 5.74) is 6.27. The summed E-state index contributed by atoms with van der Waals surface area (Å²) in [6.07, 6.45) is 0. The van der Waals surface area contributed by atoms with E-state index in [0.29, 0.717) is 16.0 Å². The Kier molecular flexibility index (Phi) is 2.76. The van der Waals surface area contributed by atoms with Gasteiger partial charge in [-0.25, -0.2) is 9.67 Å². The number of halogens is 1. The van der Waals surface area contributed by atoms with Gasteiger partial charge in [0.15, 0.2) is 4.60 Å². The van der Waals surface area contributed by atoms with Crippen molar-refractivity contribution in [2.24, 2.45) is 7.05 Å². The van der Waals surface area contributed by atoms with Crippen molar-refractivity contribution in [1.82, 2.24) is 20.0 Å². The summed E-state index contributed by atoms with van der Waals surface area (Å²) >= 11 is 3.19. The van der Waals surface area contributed by atoms with Crippen molar-refractivity contribution in [3.8, 4) is 11.4 Å².